The van der Waals surface area contributed by atoms with Gasteiger partial charge in [-0.05, 0) is 25.0 Å². The van der Waals surface area contributed by atoms with Crippen LogP contribution in [0.1, 0.15) is 32.3 Å². The molecule has 0 heterocycles. The molecule has 0 spiro atoms. The van der Waals surface area contributed by atoms with Gasteiger partial charge in [0.1, 0.15) is 5.75 Å². The Balaban J connectivity index is 2.54. The monoisotopic (exact) mass is 239 g/mol. The summed E-state index contributed by atoms with van der Waals surface area (Å²) < 4.78 is 5.40. The number of ether oxygens (including phenoxy) is 1. The third kappa shape index (κ3) is 1.61. The van der Waals surface area contributed by atoms with Crippen LogP contribution < -0.4 is 10.5 Å². The molecule has 1 fully saturated rings. The molecule has 0 amide bonds. The topological polar surface area (TPSA) is 35.2 Å². The molecular formula is C13H18ClNO. The van der Waals surface area contributed by atoms with E-state index < -0.39 is 0 Å². The lowest BCUT2D eigenvalue weighted by Crippen LogP contribution is -2.43. The van der Waals surface area contributed by atoms with Gasteiger partial charge in [0, 0.05) is 21.5 Å². The van der Waals surface area contributed by atoms with Crippen LogP contribution in [0.3, 0.4) is 0 Å². The molecule has 0 saturated heterocycles. The van der Waals surface area contributed by atoms with E-state index in [1.807, 2.05) is 18.2 Å². The Morgan fingerprint density at radius 1 is 1.38 bits per heavy atom. The number of hydrogen-bond acceptors (Lipinski definition) is 2. The van der Waals surface area contributed by atoms with Gasteiger partial charge in [-0.3, -0.25) is 0 Å². The lowest BCUT2D eigenvalue weighted by Gasteiger charge is -2.34. The van der Waals surface area contributed by atoms with E-state index in [9.17, 15) is 0 Å². The van der Waals surface area contributed by atoms with Crippen LogP contribution in [0.15, 0.2) is 18.2 Å². The lowest BCUT2D eigenvalue weighted by molar-refractivity contribution is 0.353. The van der Waals surface area contributed by atoms with E-state index >= 15 is 0 Å². The van der Waals surface area contributed by atoms with E-state index in [0.717, 1.165) is 29.2 Å². The van der Waals surface area contributed by atoms with Crippen molar-refractivity contribution in [3.05, 3.63) is 28.8 Å². The first-order valence-corrected chi connectivity index (χ1v) is 5.92. The highest BCUT2D eigenvalue weighted by molar-refractivity contribution is 6.31. The van der Waals surface area contributed by atoms with Crippen molar-refractivity contribution < 1.29 is 4.74 Å². The fraction of sp³-hybridized carbons (Fsp3) is 0.538. The molecule has 2 N–H and O–H groups in total. The molecular weight excluding hydrogens is 222 g/mol. The maximum atomic E-state index is 6.33. The highest BCUT2D eigenvalue weighted by atomic mass is 35.5. The molecule has 3 heteroatoms. The van der Waals surface area contributed by atoms with Crippen LogP contribution in [0.5, 0.6) is 5.75 Å². The first-order valence-electron chi connectivity index (χ1n) is 5.54. The zero-order valence-electron chi connectivity index (χ0n) is 10.0. The Bertz CT molecular complexity index is 410. The molecule has 0 aromatic heterocycles. The normalized spacial score (nSPS) is 18.3. The van der Waals surface area contributed by atoms with Crippen molar-refractivity contribution in [2.24, 2.45) is 5.73 Å². The minimum atomic E-state index is -0.156. The van der Waals surface area contributed by atoms with E-state index in [4.69, 9.17) is 22.1 Å². The van der Waals surface area contributed by atoms with Crippen LogP contribution in [0, 0.1) is 0 Å². The quantitative estimate of drug-likeness (QED) is 0.880. The molecule has 1 aliphatic carbocycles. The molecule has 2 nitrogen and oxygen atoms in total. The van der Waals surface area contributed by atoms with Gasteiger partial charge in [0.15, 0.2) is 0 Å². The van der Waals surface area contributed by atoms with Gasteiger partial charge in [-0.2, -0.15) is 0 Å². The minimum absolute atomic E-state index is 0.134. The summed E-state index contributed by atoms with van der Waals surface area (Å²) in [5.74, 6) is 0.828. The first-order chi connectivity index (χ1) is 7.42. The average molecular weight is 240 g/mol. The van der Waals surface area contributed by atoms with E-state index in [-0.39, 0.29) is 11.0 Å². The molecule has 0 atom stereocenters. The number of rotatable bonds is 3. The summed E-state index contributed by atoms with van der Waals surface area (Å²) in [6.45, 7) is 4.29. The molecule has 0 aliphatic heterocycles. The number of hydrogen-bond donors (Lipinski definition) is 1. The van der Waals surface area contributed by atoms with Gasteiger partial charge >= 0.3 is 0 Å². The summed E-state index contributed by atoms with van der Waals surface area (Å²) in [6, 6.07) is 5.73. The van der Waals surface area contributed by atoms with Crippen molar-refractivity contribution in [1.82, 2.24) is 0 Å². The van der Waals surface area contributed by atoms with Crippen molar-refractivity contribution in [3.8, 4) is 5.75 Å². The Hall–Kier alpha value is -0.730. The fourth-order valence-corrected chi connectivity index (χ4v) is 2.69. The van der Waals surface area contributed by atoms with Crippen molar-refractivity contribution in [2.75, 3.05) is 7.11 Å². The fourth-order valence-electron chi connectivity index (χ4n) is 2.29. The maximum absolute atomic E-state index is 6.33. The molecule has 1 saturated carbocycles. The van der Waals surface area contributed by atoms with Crippen LogP contribution in [0.4, 0.5) is 0 Å². The summed E-state index contributed by atoms with van der Waals surface area (Å²) in [5, 5.41) is 0.737. The second kappa shape index (κ2) is 3.64. The predicted molar refractivity (Wildman–Crippen MR) is 67.2 cm³/mol. The van der Waals surface area contributed by atoms with Gasteiger partial charge < -0.3 is 10.5 Å². The van der Waals surface area contributed by atoms with E-state index in [2.05, 4.69) is 13.8 Å². The smallest absolute Gasteiger partial charge is 0.124 e. The molecule has 0 unspecified atom stereocenters. The highest BCUT2D eigenvalue weighted by Crippen LogP contribution is 2.52. The maximum Gasteiger partial charge on any atom is 0.124 e. The van der Waals surface area contributed by atoms with E-state index in [1.54, 1.807) is 7.11 Å². The number of benzene rings is 1. The predicted octanol–water partition coefficient (Wildman–Crippen LogP) is 3.12. The first kappa shape index (κ1) is 11.7. The van der Waals surface area contributed by atoms with Crippen molar-refractivity contribution in [3.63, 3.8) is 0 Å². The summed E-state index contributed by atoms with van der Waals surface area (Å²) in [6.07, 6.45) is 2.10. The van der Waals surface area contributed by atoms with Crippen molar-refractivity contribution in [2.45, 2.75) is 37.6 Å². The number of methoxy groups -OCH3 is 1. The molecule has 1 aliphatic rings. The zero-order valence-corrected chi connectivity index (χ0v) is 10.8. The molecule has 16 heavy (non-hydrogen) atoms. The standard InChI is InChI=1S/C13H18ClNO/c1-12(2,13(15)7-8-13)11-9(14)5-4-6-10(11)16-3/h4-6H,7-8,15H2,1-3H3. The Kier molecular flexibility index (Phi) is 2.67. The zero-order chi connectivity index (χ0) is 12.0. The summed E-state index contributed by atoms with van der Waals surface area (Å²) >= 11 is 6.29. The second-order valence-corrected chi connectivity index (χ2v) is 5.51. The van der Waals surface area contributed by atoms with Gasteiger partial charge in [-0.1, -0.05) is 31.5 Å². The minimum Gasteiger partial charge on any atom is -0.496 e. The van der Waals surface area contributed by atoms with Crippen LogP contribution in [-0.2, 0) is 5.41 Å². The van der Waals surface area contributed by atoms with Gasteiger partial charge in [0.25, 0.3) is 0 Å². The number of halogens is 1. The van der Waals surface area contributed by atoms with Crippen LogP contribution >= 0.6 is 11.6 Å². The Morgan fingerprint density at radius 3 is 2.50 bits per heavy atom. The van der Waals surface area contributed by atoms with Gasteiger partial charge in [0.2, 0.25) is 0 Å². The molecule has 1 aromatic carbocycles. The van der Waals surface area contributed by atoms with E-state index in [1.165, 1.54) is 0 Å². The average Bonchev–Trinajstić information content (AvgIpc) is 2.97. The lowest BCUT2D eigenvalue weighted by atomic mass is 9.75. The Labute approximate surface area is 102 Å². The molecule has 0 radical (unpaired) electrons. The molecule has 88 valence electrons. The largest absolute Gasteiger partial charge is 0.496 e. The third-order valence-electron chi connectivity index (χ3n) is 3.85. The van der Waals surface area contributed by atoms with Crippen molar-refractivity contribution >= 4 is 11.6 Å². The summed E-state index contributed by atoms with van der Waals surface area (Å²) in [4.78, 5) is 0. The molecule has 1 aromatic rings. The van der Waals surface area contributed by atoms with Crippen LogP contribution in [-0.4, -0.2) is 12.6 Å². The molecule has 0 bridgehead atoms. The SMILES string of the molecule is COc1cccc(Cl)c1C(C)(C)C1(N)CC1. The van der Waals surface area contributed by atoms with Crippen LogP contribution in [0.2, 0.25) is 5.02 Å². The van der Waals surface area contributed by atoms with Gasteiger partial charge in [-0.25, -0.2) is 0 Å². The van der Waals surface area contributed by atoms with E-state index in [0.29, 0.717) is 0 Å². The third-order valence-corrected chi connectivity index (χ3v) is 4.17. The summed E-state index contributed by atoms with van der Waals surface area (Å²) in [7, 11) is 1.67. The highest BCUT2D eigenvalue weighted by Gasteiger charge is 2.53. The van der Waals surface area contributed by atoms with Gasteiger partial charge in [0.05, 0.1) is 7.11 Å². The van der Waals surface area contributed by atoms with Crippen LogP contribution in [0.25, 0.3) is 0 Å². The van der Waals surface area contributed by atoms with Gasteiger partial charge in [-0.15, -0.1) is 0 Å². The summed E-state index contributed by atoms with van der Waals surface area (Å²) in [5.41, 5.74) is 7.07. The van der Waals surface area contributed by atoms with Crippen molar-refractivity contribution in [1.29, 1.82) is 0 Å². The Morgan fingerprint density at radius 2 is 2.00 bits per heavy atom. The molecule has 2 rings (SSSR count). The number of nitrogens with two attached hydrogens (primary N) is 1. The second-order valence-electron chi connectivity index (χ2n) is 5.10.